The molecule has 112 valence electrons. The fourth-order valence-corrected chi connectivity index (χ4v) is 1.85. The first-order valence-corrected chi connectivity index (χ1v) is 7.49. The van der Waals surface area contributed by atoms with Gasteiger partial charge in [0.15, 0.2) is 0 Å². The number of esters is 1. The molecule has 0 aliphatic carbocycles. The van der Waals surface area contributed by atoms with Gasteiger partial charge in [-0.3, -0.25) is 4.55 Å². The summed E-state index contributed by atoms with van der Waals surface area (Å²) in [5, 5.41) is 8.55. The normalized spacial score (nSPS) is 11.1. The lowest BCUT2D eigenvalue weighted by molar-refractivity contribution is 0.0433. The van der Waals surface area contributed by atoms with E-state index in [0.29, 0.717) is 5.75 Å². The van der Waals surface area contributed by atoms with E-state index in [1.807, 2.05) is 0 Å². The van der Waals surface area contributed by atoms with Crippen LogP contribution in [0.3, 0.4) is 0 Å². The molecule has 0 heterocycles. The predicted octanol–water partition coefficient (Wildman–Crippen LogP) is 0.492. The first-order chi connectivity index (χ1) is 9.42. The van der Waals surface area contributed by atoms with E-state index < -0.39 is 16.1 Å². The lowest BCUT2D eigenvalue weighted by Gasteiger charge is -2.07. The molecule has 7 nitrogen and oxygen atoms in total. The summed E-state index contributed by atoms with van der Waals surface area (Å²) in [6, 6.07) is 6.18. The fraction of sp³-hybridized carbons (Fsp3) is 0.417. The van der Waals surface area contributed by atoms with Gasteiger partial charge in [-0.1, -0.05) is 6.07 Å². The summed E-state index contributed by atoms with van der Waals surface area (Å²) in [4.78, 5) is 11.5. The maximum Gasteiger partial charge on any atom is 0.338 e. The van der Waals surface area contributed by atoms with Crippen molar-refractivity contribution in [3.8, 4) is 5.75 Å². The third-order valence-corrected chi connectivity index (χ3v) is 3.01. The highest BCUT2D eigenvalue weighted by molar-refractivity contribution is 7.85. The quantitative estimate of drug-likeness (QED) is 0.408. The van der Waals surface area contributed by atoms with Gasteiger partial charge in [0.1, 0.15) is 12.4 Å². The van der Waals surface area contributed by atoms with E-state index in [0.717, 1.165) is 0 Å². The maximum absolute atomic E-state index is 11.5. The number of hydrogen-bond acceptors (Lipinski definition) is 6. The van der Waals surface area contributed by atoms with Crippen molar-refractivity contribution in [2.45, 2.75) is 6.42 Å². The van der Waals surface area contributed by atoms with Crippen molar-refractivity contribution in [1.29, 1.82) is 0 Å². The Hall–Kier alpha value is -1.64. The molecule has 0 saturated carbocycles. The van der Waals surface area contributed by atoms with Crippen LogP contribution in [0.4, 0.5) is 0 Å². The van der Waals surface area contributed by atoms with Crippen LogP contribution in [0.5, 0.6) is 5.75 Å². The van der Waals surface area contributed by atoms with E-state index in [4.69, 9.17) is 19.1 Å². The Morgan fingerprint density at radius 2 is 2.00 bits per heavy atom. The van der Waals surface area contributed by atoms with Gasteiger partial charge in [-0.2, -0.15) is 8.42 Å². The molecule has 1 aromatic carbocycles. The summed E-state index contributed by atoms with van der Waals surface area (Å²) in [7, 11) is -3.99. The number of hydrogen-bond donors (Lipinski definition) is 2. The summed E-state index contributed by atoms with van der Waals surface area (Å²) < 4.78 is 39.6. The van der Waals surface area contributed by atoms with Gasteiger partial charge in [0.2, 0.25) is 0 Å². The number of ether oxygens (including phenoxy) is 2. The van der Waals surface area contributed by atoms with E-state index in [1.54, 1.807) is 12.1 Å². The van der Waals surface area contributed by atoms with Gasteiger partial charge in [-0.05, 0) is 24.6 Å². The zero-order valence-corrected chi connectivity index (χ0v) is 11.5. The summed E-state index contributed by atoms with van der Waals surface area (Å²) in [6.07, 6.45) is 0.137. The van der Waals surface area contributed by atoms with Crippen LogP contribution in [0.1, 0.15) is 16.8 Å². The molecule has 0 aliphatic heterocycles. The molecule has 0 spiro atoms. The van der Waals surface area contributed by atoms with Gasteiger partial charge in [0, 0.05) is 0 Å². The Balaban J connectivity index is 2.49. The van der Waals surface area contributed by atoms with Crippen LogP contribution in [0.2, 0.25) is 0 Å². The largest absolute Gasteiger partial charge is 0.494 e. The van der Waals surface area contributed by atoms with Gasteiger partial charge in [0.05, 0.1) is 24.5 Å². The highest BCUT2D eigenvalue weighted by atomic mass is 32.2. The monoisotopic (exact) mass is 304 g/mol. The molecule has 0 atom stereocenters. The zero-order valence-electron chi connectivity index (χ0n) is 10.7. The minimum Gasteiger partial charge on any atom is -0.494 e. The highest BCUT2D eigenvalue weighted by Crippen LogP contribution is 2.14. The average molecular weight is 304 g/mol. The van der Waals surface area contributed by atoms with Crippen molar-refractivity contribution in [2.75, 3.05) is 25.6 Å². The number of benzene rings is 1. The lowest BCUT2D eigenvalue weighted by Crippen LogP contribution is -2.10. The Morgan fingerprint density at radius 1 is 1.25 bits per heavy atom. The van der Waals surface area contributed by atoms with Gasteiger partial charge in [-0.15, -0.1) is 0 Å². The molecule has 0 radical (unpaired) electrons. The molecule has 0 aromatic heterocycles. The molecule has 2 N–H and O–H groups in total. The van der Waals surface area contributed by atoms with Gasteiger partial charge < -0.3 is 14.6 Å². The molecule has 0 fully saturated rings. The second kappa shape index (κ2) is 7.83. The first-order valence-electron chi connectivity index (χ1n) is 5.88. The van der Waals surface area contributed by atoms with E-state index in [1.165, 1.54) is 12.1 Å². The summed E-state index contributed by atoms with van der Waals surface area (Å²) in [5.41, 5.74) is 0.269. The smallest absolute Gasteiger partial charge is 0.338 e. The van der Waals surface area contributed by atoms with Crippen LogP contribution in [-0.2, 0) is 14.9 Å². The SMILES string of the molecule is O=C(OCCO)c1cccc(OCCCS(=O)(=O)O)c1. The third-order valence-electron chi connectivity index (χ3n) is 2.21. The van der Waals surface area contributed by atoms with E-state index in [9.17, 15) is 13.2 Å². The maximum atomic E-state index is 11.5. The van der Waals surface area contributed by atoms with Crippen molar-refractivity contribution < 1.29 is 32.3 Å². The van der Waals surface area contributed by atoms with E-state index in [-0.39, 0.29) is 37.6 Å². The van der Waals surface area contributed by atoms with Crippen LogP contribution in [0.15, 0.2) is 24.3 Å². The highest BCUT2D eigenvalue weighted by Gasteiger charge is 2.08. The lowest BCUT2D eigenvalue weighted by atomic mass is 10.2. The number of rotatable bonds is 8. The van der Waals surface area contributed by atoms with Crippen molar-refractivity contribution in [1.82, 2.24) is 0 Å². The van der Waals surface area contributed by atoms with E-state index in [2.05, 4.69) is 0 Å². The Morgan fingerprint density at radius 3 is 2.65 bits per heavy atom. The third kappa shape index (κ3) is 6.50. The molecule has 0 bridgehead atoms. The predicted molar refractivity (Wildman–Crippen MR) is 70.3 cm³/mol. The Kier molecular flexibility index (Phi) is 6.43. The van der Waals surface area contributed by atoms with E-state index >= 15 is 0 Å². The average Bonchev–Trinajstić information content (AvgIpc) is 2.40. The molecule has 0 amide bonds. The molecule has 1 rings (SSSR count). The number of aliphatic hydroxyl groups is 1. The molecule has 20 heavy (non-hydrogen) atoms. The molecular weight excluding hydrogens is 288 g/mol. The first kappa shape index (κ1) is 16.4. The number of carbonyl (C=O) groups excluding carboxylic acids is 1. The zero-order chi connectivity index (χ0) is 15.0. The Bertz CT molecular complexity index is 538. The van der Waals surface area contributed by atoms with Crippen LogP contribution >= 0.6 is 0 Å². The fourth-order valence-electron chi connectivity index (χ4n) is 1.37. The van der Waals surface area contributed by atoms with Crippen LogP contribution in [0.25, 0.3) is 0 Å². The van der Waals surface area contributed by atoms with Crippen molar-refractivity contribution in [3.63, 3.8) is 0 Å². The summed E-state index contributed by atoms with van der Waals surface area (Å²) in [6.45, 7) is -0.245. The topological polar surface area (TPSA) is 110 Å². The number of aliphatic hydroxyl groups excluding tert-OH is 1. The van der Waals surface area contributed by atoms with Crippen molar-refractivity contribution in [3.05, 3.63) is 29.8 Å². The molecule has 0 saturated heterocycles. The molecular formula is C12H16O7S. The minimum absolute atomic E-state index is 0.0850. The molecule has 0 aliphatic rings. The molecule has 8 heteroatoms. The molecule has 1 aromatic rings. The van der Waals surface area contributed by atoms with Gasteiger partial charge in [0.25, 0.3) is 10.1 Å². The Labute approximate surface area is 116 Å². The van der Waals surface area contributed by atoms with Crippen LogP contribution < -0.4 is 4.74 Å². The second-order valence-corrected chi connectivity index (χ2v) is 5.45. The second-order valence-electron chi connectivity index (χ2n) is 3.88. The minimum atomic E-state index is -3.99. The van der Waals surface area contributed by atoms with Crippen LogP contribution in [-0.4, -0.2) is 49.6 Å². The van der Waals surface area contributed by atoms with Crippen molar-refractivity contribution in [2.24, 2.45) is 0 Å². The van der Waals surface area contributed by atoms with Crippen molar-refractivity contribution >= 4 is 16.1 Å². The number of carbonyl (C=O) groups is 1. The standard InChI is InChI=1S/C12H16O7S/c13-5-7-19-12(14)10-3-1-4-11(9-10)18-6-2-8-20(15,16)17/h1,3-4,9,13H,2,5-8H2,(H,15,16,17). The van der Waals surface area contributed by atoms with Gasteiger partial charge in [-0.25, -0.2) is 4.79 Å². The summed E-state index contributed by atoms with van der Waals surface area (Å²) >= 11 is 0. The van der Waals surface area contributed by atoms with Crippen LogP contribution in [0, 0.1) is 0 Å². The molecule has 0 unspecified atom stereocenters. The summed E-state index contributed by atoms with van der Waals surface area (Å²) in [5.74, 6) is -0.577. The van der Waals surface area contributed by atoms with Gasteiger partial charge >= 0.3 is 5.97 Å².